The predicted octanol–water partition coefficient (Wildman–Crippen LogP) is 1.63. The molecule has 0 aliphatic rings. The van der Waals surface area contributed by atoms with E-state index in [1.165, 1.54) is 0 Å². The van der Waals surface area contributed by atoms with Crippen molar-refractivity contribution >= 4 is 23.2 Å². The summed E-state index contributed by atoms with van der Waals surface area (Å²) in [4.78, 5) is 11.7. The van der Waals surface area contributed by atoms with Gasteiger partial charge in [0.05, 0.1) is 11.6 Å². The molecule has 0 spiro atoms. The van der Waals surface area contributed by atoms with Crippen molar-refractivity contribution < 1.29 is 9.53 Å². The molecule has 122 valence electrons. The van der Waals surface area contributed by atoms with Crippen molar-refractivity contribution in [3.05, 3.63) is 65.7 Å². The Balaban J connectivity index is 1.65. The fourth-order valence-electron chi connectivity index (χ4n) is 1.76. The lowest BCUT2D eigenvalue weighted by molar-refractivity contribution is -0.123. The largest absolute Gasteiger partial charge is 0.484 e. The molecule has 0 atom stereocenters. The Bertz CT molecular complexity index is 727. The summed E-state index contributed by atoms with van der Waals surface area (Å²) in [5, 5.41) is 12.0. The number of carbonyl (C=O) groups is 1. The topological polar surface area (TPSA) is 86.2 Å². The highest BCUT2D eigenvalue weighted by atomic mass is 32.1. The van der Waals surface area contributed by atoms with E-state index in [0.717, 1.165) is 5.56 Å². The SMILES string of the molecule is N#Cc1ccc(OCC(=O)NNC(=S)NCc2ccccc2)cc1. The average Bonchev–Trinajstić information content (AvgIpc) is 2.64. The van der Waals surface area contributed by atoms with Gasteiger partial charge >= 0.3 is 0 Å². The summed E-state index contributed by atoms with van der Waals surface area (Å²) in [5.41, 5.74) is 6.66. The number of amides is 1. The molecule has 0 unspecified atom stereocenters. The van der Waals surface area contributed by atoms with Crippen molar-refractivity contribution in [2.75, 3.05) is 6.61 Å². The molecule has 24 heavy (non-hydrogen) atoms. The van der Waals surface area contributed by atoms with Gasteiger partial charge in [-0.15, -0.1) is 0 Å². The zero-order chi connectivity index (χ0) is 17.2. The van der Waals surface area contributed by atoms with Crippen molar-refractivity contribution in [2.24, 2.45) is 0 Å². The van der Waals surface area contributed by atoms with E-state index < -0.39 is 0 Å². The van der Waals surface area contributed by atoms with Gasteiger partial charge in [0, 0.05) is 6.54 Å². The number of rotatable bonds is 5. The number of thiocarbonyl (C=S) groups is 1. The molecule has 0 bridgehead atoms. The van der Waals surface area contributed by atoms with E-state index in [9.17, 15) is 4.79 Å². The number of nitrogens with one attached hydrogen (secondary N) is 3. The number of carbonyl (C=O) groups excluding carboxylic acids is 1. The van der Waals surface area contributed by atoms with E-state index in [-0.39, 0.29) is 12.5 Å². The minimum absolute atomic E-state index is 0.166. The summed E-state index contributed by atoms with van der Waals surface area (Å²) < 4.78 is 5.30. The number of ether oxygens (including phenoxy) is 1. The first-order valence-corrected chi connectivity index (χ1v) is 7.58. The number of hydrogen-bond donors (Lipinski definition) is 3. The van der Waals surface area contributed by atoms with Crippen LogP contribution in [0.4, 0.5) is 0 Å². The van der Waals surface area contributed by atoms with Crippen molar-refractivity contribution in [1.29, 1.82) is 5.26 Å². The van der Waals surface area contributed by atoms with E-state index in [4.69, 9.17) is 22.2 Å². The minimum Gasteiger partial charge on any atom is -0.484 e. The van der Waals surface area contributed by atoms with Crippen LogP contribution in [0.2, 0.25) is 0 Å². The van der Waals surface area contributed by atoms with Gasteiger partial charge in [-0.25, -0.2) is 0 Å². The predicted molar refractivity (Wildman–Crippen MR) is 93.8 cm³/mol. The first kappa shape index (κ1) is 17.2. The van der Waals surface area contributed by atoms with Crippen LogP contribution in [-0.2, 0) is 11.3 Å². The molecule has 7 heteroatoms. The number of benzene rings is 2. The van der Waals surface area contributed by atoms with Crippen LogP contribution in [0.15, 0.2) is 54.6 Å². The van der Waals surface area contributed by atoms with Crippen LogP contribution in [0, 0.1) is 11.3 Å². The maximum absolute atomic E-state index is 11.7. The third kappa shape index (κ3) is 5.94. The third-order valence-electron chi connectivity index (χ3n) is 2.96. The van der Waals surface area contributed by atoms with E-state index in [2.05, 4.69) is 16.2 Å². The van der Waals surface area contributed by atoms with Crippen LogP contribution < -0.4 is 20.9 Å². The molecule has 6 nitrogen and oxygen atoms in total. The maximum atomic E-state index is 11.7. The molecular weight excluding hydrogens is 324 g/mol. The van der Waals surface area contributed by atoms with Crippen molar-refractivity contribution in [3.63, 3.8) is 0 Å². The van der Waals surface area contributed by atoms with Crippen LogP contribution in [0.25, 0.3) is 0 Å². The zero-order valence-electron chi connectivity index (χ0n) is 12.8. The van der Waals surface area contributed by atoms with Gasteiger partial charge in [-0.2, -0.15) is 5.26 Å². The first-order valence-electron chi connectivity index (χ1n) is 7.17. The molecule has 0 fully saturated rings. The second-order valence-electron chi connectivity index (χ2n) is 4.77. The molecule has 0 radical (unpaired) electrons. The second kappa shape index (κ2) is 9.12. The minimum atomic E-state index is -0.372. The third-order valence-corrected chi connectivity index (χ3v) is 3.21. The Morgan fingerprint density at radius 3 is 2.46 bits per heavy atom. The number of nitrogens with zero attached hydrogens (tertiary/aromatic N) is 1. The summed E-state index contributed by atoms with van der Waals surface area (Å²) >= 11 is 5.07. The second-order valence-corrected chi connectivity index (χ2v) is 5.17. The van der Waals surface area contributed by atoms with Crippen LogP contribution in [-0.4, -0.2) is 17.6 Å². The van der Waals surface area contributed by atoms with Gasteiger partial charge in [0.15, 0.2) is 11.7 Å². The fraction of sp³-hybridized carbons (Fsp3) is 0.118. The summed E-state index contributed by atoms with van der Waals surface area (Å²) in [6.07, 6.45) is 0. The number of hydrazine groups is 1. The zero-order valence-corrected chi connectivity index (χ0v) is 13.6. The van der Waals surface area contributed by atoms with Gasteiger partial charge in [0.1, 0.15) is 5.75 Å². The van der Waals surface area contributed by atoms with Crippen LogP contribution in [0.5, 0.6) is 5.75 Å². The van der Waals surface area contributed by atoms with Gasteiger partial charge < -0.3 is 10.1 Å². The smallest absolute Gasteiger partial charge is 0.276 e. The quantitative estimate of drug-likeness (QED) is 0.567. The van der Waals surface area contributed by atoms with Gasteiger partial charge in [-0.1, -0.05) is 30.3 Å². The van der Waals surface area contributed by atoms with E-state index >= 15 is 0 Å². The summed E-state index contributed by atoms with van der Waals surface area (Å²) in [6, 6.07) is 18.3. The normalized spacial score (nSPS) is 9.46. The molecule has 2 rings (SSSR count). The highest BCUT2D eigenvalue weighted by Gasteiger charge is 2.03. The van der Waals surface area contributed by atoms with Crippen molar-refractivity contribution in [3.8, 4) is 11.8 Å². The lowest BCUT2D eigenvalue weighted by Gasteiger charge is -2.12. The summed E-state index contributed by atoms with van der Waals surface area (Å²) in [7, 11) is 0. The molecule has 0 aliphatic carbocycles. The van der Waals surface area contributed by atoms with E-state index in [1.54, 1.807) is 24.3 Å². The van der Waals surface area contributed by atoms with Crippen LogP contribution in [0.3, 0.4) is 0 Å². The summed E-state index contributed by atoms with van der Waals surface area (Å²) in [6.45, 7) is 0.393. The van der Waals surface area contributed by atoms with E-state index in [1.807, 2.05) is 36.4 Å². The molecule has 0 saturated carbocycles. The number of hydrogen-bond acceptors (Lipinski definition) is 4. The monoisotopic (exact) mass is 340 g/mol. The lowest BCUT2D eigenvalue weighted by atomic mass is 10.2. The van der Waals surface area contributed by atoms with Crippen LogP contribution >= 0.6 is 12.2 Å². The molecular formula is C17H16N4O2S. The Morgan fingerprint density at radius 1 is 1.08 bits per heavy atom. The Morgan fingerprint density at radius 2 is 1.79 bits per heavy atom. The standard InChI is InChI=1S/C17H16N4O2S/c18-10-13-6-8-15(9-7-13)23-12-16(22)20-21-17(24)19-11-14-4-2-1-3-5-14/h1-9H,11-12H2,(H,20,22)(H2,19,21,24). The molecule has 0 saturated heterocycles. The van der Waals surface area contributed by atoms with Crippen molar-refractivity contribution in [2.45, 2.75) is 6.54 Å². The van der Waals surface area contributed by atoms with Crippen LogP contribution in [0.1, 0.15) is 11.1 Å². The molecule has 3 N–H and O–H groups in total. The van der Waals surface area contributed by atoms with Gasteiger partial charge in [-0.05, 0) is 42.0 Å². The molecule has 0 aliphatic heterocycles. The summed E-state index contributed by atoms with van der Waals surface area (Å²) in [5.74, 6) is 0.136. The van der Waals surface area contributed by atoms with Gasteiger partial charge in [0.25, 0.3) is 5.91 Å². The Labute approximate surface area is 145 Å². The average molecular weight is 340 g/mol. The first-order chi connectivity index (χ1) is 11.7. The molecule has 2 aromatic carbocycles. The lowest BCUT2D eigenvalue weighted by Crippen LogP contribution is -2.48. The van der Waals surface area contributed by atoms with Crippen molar-refractivity contribution in [1.82, 2.24) is 16.2 Å². The Kier molecular flexibility index (Phi) is 6.56. The molecule has 0 aromatic heterocycles. The fourth-order valence-corrected chi connectivity index (χ4v) is 1.88. The maximum Gasteiger partial charge on any atom is 0.276 e. The highest BCUT2D eigenvalue weighted by Crippen LogP contribution is 2.10. The molecule has 0 heterocycles. The molecule has 1 amide bonds. The Hall–Kier alpha value is -3.11. The number of nitriles is 1. The van der Waals surface area contributed by atoms with E-state index in [0.29, 0.717) is 23.0 Å². The highest BCUT2D eigenvalue weighted by molar-refractivity contribution is 7.80. The van der Waals surface area contributed by atoms with Gasteiger partial charge in [-0.3, -0.25) is 15.6 Å². The van der Waals surface area contributed by atoms with Gasteiger partial charge in [0.2, 0.25) is 0 Å². The molecule has 2 aromatic rings.